The van der Waals surface area contributed by atoms with E-state index in [0.29, 0.717) is 28.1 Å². The van der Waals surface area contributed by atoms with Gasteiger partial charge in [-0.1, -0.05) is 12.1 Å². The van der Waals surface area contributed by atoms with Gasteiger partial charge in [-0.25, -0.2) is 9.97 Å². The van der Waals surface area contributed by atoms with E-state index < -0.39 is 0 Å². The molecular weight excluding hydrogens is 446 g/mol. The number of imidazole rings is 1. The van der Waals surface area contributed by atoms with Crippen LogP contribution in [0.2, 0.25) is 0 Å². The highest BCUT2D eigenvalue weighted by Crippen LogP contribution is 2.39. The minimum atomic E-state index is -0.188. The molecule has 0 unspecified atom stereocenters. The second-order valence-corrected chi connectivity index (χ2v) is 9.88. The van der Waals surface area contributed by atoms with E-state index in [0.717, 1.165) is 21.5 Å². The number of aromatic nitrogens is 6. The number of carbonyl (C=O) groups is 1. The summed E-state index contributed by atoms with van der Waals surface area (Å²) in [5, 5.41) is 12.2. The summed E-state index contributed by atoms with van der Waals surface area (Å²) in [4.78, 5) is 22.9. The van der Waals surface area contributed by atoms with Crippen LogP contribution < -0.4 is 5.32 Å². The topological polar surface area (TPSA) is 90.5 Å². The molecule has 0 atom stereocenters. The molecule has 1 amide bonds. The Balaban J connectivity index is 1.28. The number of nitrogens with zero attached hydrogens (tertiary/aromatic N) is 6. The standard InChI is InChI=1S/C25H23N7OS/c1-15(2)32-14-27-30-24(32)18-5-3-8-23(28-18)29-25(33)22-11-17-20(6-4-7-21(17)34-22)31-12-19(26-13-31)16-9-10-16/h3-8,11-16H,9-10H2,1-2H3,(H,28,29,33). The molecule has 1 N–H and O–H groups in total. The predicted octanol–water partition coefficient (Wildman–Crippen LogP) is 5.45. The molecule has 0 saturated heterocycles. The molecule has 9 heteroatoms. The molecule has 4 heterocycles. The normalized spacial score (nSPS) is 13.6. The van der Waals surface area contributed by atoms with Crippen LogP contribution in [0.3, 0.4) is 0 Å². The fourth-order valence-corrected chi connectivity index (χ4v) is 5.03. The van der Waals surface area contributed by atoms with Crippen molar-refractivity contribution < 1.29 is 4.79 Å². The highest BCUT2D eigenvalue weighted by Gasteiger charge is 2.26. The molecule has 0 bridgehead atoms. The van der Waals surface area contributed by atoms with Crippen molar-refractivity contribution in [2.24, 2.45) is 0 Å². The first-order valence-corrected chi connectivity index (χ1v) is 12.1. The molecule has 6 rings (SSSR count). The lowest BCUT2D eigenvalue weighted by Crippen LogP contribution is -2.12. The van der Waals surface area contributed by atoms with E-state index in [1.54, 1.807) is 12.4 Å². The lowest BCUT2D eigenvalue weighted by molar-refractivity contribution is 0.103. The maximum absolute atomic E-state index is 13.1. The molecule has 0 spiro atoms. The van der Waals surface area contributed by atoms with Gasteiger partial charge in [0.1, 0.15) is 17.8 Å². The molecule has 170 valence electrons. The molecule has 1 aliphatic carbocycles. The minimum absolute atomic E-state index is 0.188. The Morgan fingerprint density at radius 3 is 2.82 bits per heavy atom. The van der Waals surface area contributed by atoms with Crippen molar-refractivity contribution in [3.63, 3.8) is 0 Å². The van der Waals surface area contributed by atoms with Crippen molar-refractivity contribution in [1.29, 1.82) is 0 Å². The van der Waals surface area contributed by atoms with Crippen molar-refractivity contribution in [3.05, 3.63) is 71.9 Å². The Morgan fingerprint density at radius 2 is 2.00 bits per heavy atom. The number of hydrogen-bond acceptors (Lipinski definition) is 6. The van der Waals surface area contributed by atoms with Gasteiger partial charge in [0, 0.05) is 28.2 Å². The molecule has 1 aliphatic rings. The van der Waals surface area contributed by atoms with Crippen LogP contribution in [0.15, 0.2) is 61.3 Å². The summed E-state index contributed by atoms with van der Waals surface area (Å²) in [7, 11) is 0. The number of nitrogens with one attached hydrogen (secondary N) is 1. The van der Waals surface area contributed by atoms with Crippen molar-refractivity contribution in [2.75, 3.05) is 5.32 Å². The van der Waals surface area contributed by atoms with E-state index in [9.17, 15) is 4.79 Å². The summed E-state index contributed by atoms with van der Waals surface area (Å²) in [5.74, 6) is 1.55. The van der Waals surface area contributed by atoms with Gasteiger partial charge >= 0.3 is 0 Å². The van der Waals surface area contributed by atoms with Gasteiger partial charge in [0.25, 0.3) is 5.91 Å². The van der Waals surface area contributed by atoms with Gasteiger partial charge < -0.3 is 14.5 Å². The number of carbonyl (C=O) groups excluding carboxylic acids is 1. The van der Waals surface area contributed by atoms with Crippen molar-refractivity contribution >= 4 is 33.1 Å². The van der Waals surface area contributed by atoms with Crippen LogP contribution in [-0.2, 0) is 0 Å². The summed E-state index contributed by atoms with van der Waals surface area (Å²) < 4.78 is 5.06. The minimum Gasteiger partial charge on any atom is -0.310 e. The van der Waals surface area contributed by atoms with E-state index in [4.69, 9.17) is 0 Å². The smallest absolute Gasteiger partial charge is 0.266 e. The quantitative estimate of drug-likeness (QED) is 0.357. The number of rotatable bonds is 6. The molecule has 34 heavy (non-hydrogen) atoms. The van der Waals surface area contributed by atoms with Gasteiger partial charge in [0.2, 0.25) is 0 Å². The molecule has 1 fully saturated rings. The van der Waals surface area contributed by atoms with Gasteiger partial charge in [-0.15, -0.1) is 21.5 Å². The summed E-state index contributed by atoms with van der Waals surface area (Å²) in [5.41, 5.74) is 2.83. The fourth-order valence-electron chi connectivity index (χ4n) is 4.05. The first-order valence-electron chi connectivity index (χ1n) is 11.3. The molecule has 1 aromatic carbocycles. The Morgan fingerprint density at radius 1 is 1.15 bits per heavy atom. The van der Waals surface area contributed by atoms with E-state index in [1.165, 1.54) is 24.2 Å². The molecule has 5 aromatic rings. The van der Waals surface area contributed by atoms with E-state index in [2.05, 4.69) is 56.2 Å². The highest BCUT2D eigenvalue weighted by molar-refractivity contribution is 7.21. The highest BCUT2D eigenvalue weighted by atomic mass is 32.1. The van der Waals surface area contributed by atoms with Crippen LogP contribution in [0.25, 0.3) is 27.3 Å². The number of fused-ring (bicyclic) bond motifs is 1. The van der Waals surface area contributed by atoms with Crippen LogP contribution in [-0.4, -0.2) is 35.2 Å². The second-order valence-electron chi connectivity index (χ2n) is 8.80. The summed E-state index contributed by atoms with van der Waals surface area (Å²) in [6.07, 6.45) is 8.10. The zero-order valence-electron chi connectivity index (χ0n) is 18.8. The third-order valence-corrected chi connectivity index (χ3v) is 7.09. The monoisotopic (exact) mass is 469 g/mol. The molecule has 4 aromatic heterocycles. The number of pyridine rings is 1. The van der Waals surface area contributed by atoms with Crippen LogP contribution in [0.4, 0.5) is 5.82 Å². The zero-order chi connectivity index (χ0) is 23.2. The Labute approximate surface area is 200 Å². The fraction of sp³-hybridized carbons (Fsp3) is 0.240. The Kier molecular flexibility index (Phi) is 4.99. The lowest BCUT2D eigenvalue weighted by atomic mass is 10.2. The SMILES string of the molecule is CC(C)n1cnnc1-c1cccc(NC(=O)c2cc3c(-n4cnc(C5CC5)c4)cccc3s2)n1. The number of thiophene rings is 1. The third-order valence-electron chi connectivity index (χ3n) is 5.99. The zero-order valence-corrected chi connectivity index (χ0v) is 19.7. The predicted molar refractivity (Wildman–Crippen MR) is 133 cm³/mol. The number of benzene rings is 1. The van der Waals surface area contributed by atoms with E-state index in [-0.39, 0.29) is 11.9 Å². The number of amides is 1. The Hall–Kier alpha value is -3.85. The number of anilines is 1. The summed E-state index contributed by atoms with van der Waals surface area (Å²) in [6, 6.07) is 13.8. The van der Waals surface area contributed by atoms with Crippen LogP contribution in [0, 0.1) is 0 Å². The van der Waals surface area contributed by atoms with Crippen LogP contribution in [0.5, 0.6) is 0 Å². The average molecular weight is 470 g/mol. The molecule has 0 radical (unpaired) electrons. The van der Waals surface area contributed by atoms with E-state index in [1.807, 2.05) is 41.2 Å². The van der Waals surface area contributed by atoms with Crippen molar-refractivity contribution in [3.8, 4) is 17.2 Å². The maximum atomic E-state index is 13.1. The molecule has 8 nitrogen and oxygen atoms in total. The van der Waals surface area contributed by atoms with Crippen molar-refractivity contribution in [2.45, 2.75) is 38.6 Å². The Bertz CT molecular complexity index is 1510. The van der Waals surface area contributed by atoms with Crippen LogP contribution >= 0.6 is 11.3 Å². The molecule has 1 saturated carbocycles. The third kappa shape index (κ3) is 3.77. The second kappa shape index (κ2) is 8.18. The van der Waals surface area contributed by atoms with Gasteiger partial charge in [0.15, 0.2) is 5.82 Å². The summed E-state index contributed by atoms with van der Waals surface area (Å²) >= 11 is 1.47. The maximum Gasteiger partial charge on any atom is 0.266 e. The van der Waals surface area contributed by atoms with Crippen molar-refractivity contribution in [1.82, 2.24) is 29.3 Å². The molecular formula is C25H23N7OS. The molecule has 0 aliphatic heterocycles. The van der Waals surface area contributed by atoms with Gasteiger partial charge in [0.05, 0.1) is 22.6 Å². The first-order chi connectivity index (χ1) is 16.6. The number of hydrogen-bond donors (Lipinski definition) is 1. The van der Waals surface area contributed by atoms with Crippen LogP contribution in [0.1, 0.15) is 54.0 Å². The largest absolute Gasteiger partial charge is 0.310 e. The van der Waals surface area contributed by atoms with E-state index >= 15 is 0 Å². The van der Waals surface area contributed by atoms with Gasteiger partial charge in [-0.05, 0) is 57.0 Å². The average Bonchev–Trinajstić information content (AvgIpc) is 3.25. The summed E-state index contributed by atoms with van der Waals surface area (Å²) in [6.45, 7) is 4.12. The van der Waals surface area contributed by atoms with Gasteiger partial charge in [-0.2, -0.15) is 0 Å². The lowest BCUT2D eigenvalue weighted by Gasteiger charge is -2.10. The van der Waals surface area contributed by atoms with Gasteiger partial charge in [-0.3, -0.25) is 4.79 Å². The first kappa shape index (κ1) is 20.7.